The van der Waals surface area contributed by atoms with E-state index < -0.39 is 11.7 Å². The molecule has 208 valence electrons. The van der Waals surface area contributed by atoms with Crippen LogP contribution in [0.1, 0.15) is 63.0 Å². The number of benzene rings is 2. The van der Waals surface area contributed by atoms with Crippen LogP contribution in [-0.2, 0) is 21.6 Å². The number of aryl methyl sites for hydroxylation is 1. The van der Waals surface area contributed by atoms with Crippen molar-refractivity contribution in [2.75, 3.05) is 26.8 Å². The second kappa shape index (κ2) is 12.9. The molecule has 0 bridgehead atoms. The number of amides is 1. The van der Waals surface area contributed by atoms with Crippen molar-refractivity contribution in [2.24, 2.45) is 17.6 Å². The monoisotopic (exact) mass is 542 g/mol. The molecule has 2 fully saturated rings. The number of nitrogens with zero attached hydrogens (tertiary/aromatic N) is 1. The van der Waals surface area contributed by atoms with Gasteiger partial charge in [-0.3, -0.25) is 4.79 Å². The fraction of sp³-hybridized carbons (Fsp3) is 0.581. The lowest BCUT2D eigenvalue weighted by Crippen LogP contribution is -2.49. The zero-order chi connectivity index (χ0) is 27.3. The van der Waals surface area contributed by atoms with E-state index in [0.717, 1.165) is 48.8 Å². The first-order chi connectivity index (χ1) is 18.3. The molecule has 0 spiro atoms. The van der Waals surface area contributed by atoms with Crippen LogP contribution in [0, 0.1) is 11.8 Å². The minimum Gasteiger partial charge on any atom is -0.391 e. The number of nitrogens with two attached hydrogens (primary N) is 1. The number of halogens is 1. The van der Waals surface area contributed by atoms with Crippen LogP contribution in [0.5, 0.6) is 0 Å². The van der Waals surface area contributed by atoms with Crippen LogP contribution in [0.15, 0.2) is 42.5 Å². The predicted molar refractivity (Wildman–Crippen MR) is 152 cm³/mol. The molecular formula is C31H43ClN2O4. The number of unbranched alkanes of at least 4 members (excludes halogenated alkanes) is 1. The van der Waals surface area contributed by atoms with Gasteiger partial charge in [-0.2, -0.15) is 0 Å². The molecule has 1 heterocycles. The van der Waals surface area contributed by atoms with Gasteiger partial charge < -0.3 is 25.6 Å². The molecule has 4 N–H and O–H groups in total. The average Bonchev–Trinajstić information content (AvgIpc) is 3.28. The van der Waals surface area contributed by atoms with Crippen LogP contribution in [0.4, 0.5) is 0 Å². The van der Waals surface area contributed by atoms with Gasteiger partial charge in [-0.15, -0.1) is 0 Å². The van der Waals surface area contributed by atoms with Crippen LogP contribution < -0.4 is 5.73 Å². The Kier molecular flexibility index (Phi) is 9.88. The Morgan fingerprint density at radius 1 is 1.21 bits per heavy atom. The number of piperidine rings is 1. The summed E-state index contributed by atoms with van der Waals surface area (Å²) in [6.45, 7) is 3.90. The number of carbonyl (C=O) groups excluding carboxylic acids is 1. The molecule has 38 heavy (non-hydrogen) atoms. The minimum atomic E-state index is -1.17. The Balaban J connectivity index is 1.69. The summed E-state index contributed by atoms with van der Waals surface area (Å²) in [5, 5.41) is 23.4. The largest absolute Gasteiger partial charge is 0.391 e. The second-order valence-electron chi connectivity index (χ2n) is 11.1. The number of methoxy groups -OCH3 is 1. The maximum Gasteiger partial charge on any atom is 0.225 e. The predicted octanol–water partition coefficient (Wildman–Crippen LogP) is 4.91. The molecule has 0 radical (unpaired) electrons. The highest BCUT2D eigenvalue weighted by atomic mass is 35.5. The van der Waals surface area contributed by atoms with Crippen molar-refractivity contribution in [2.45, 2.75) is 76.0 Å². The molecule has 4 rings (SSSR count). The number of hydrogen-bond donors (Lipinski definition) is 3. The van der Waals surface area contributed by atoms with E-state index in [1.807, 2.05) is 29.2 Å². The van der Waals surface area contributed by atoms with Crippen molar-refractivity contribution >= 4 is 17.5 Å². The van der Waals surface area contributed by atoms with Crippen LogP contribution in [0.3, 0.4) is 0 Å². The summed E-state index contributed by atoms with van der Waals surface area (Å²) in [4.78, 5) is 15.3. The summed E-state index contributed by atoms with van der Waals surface area (Å²) >= 11 is 6.85. The van der Waals surface area contributed by atoms with Crippen molar-refractivity contribution in [3.05, 3.63) is 58.6 Å². The topological polar surface area (TPSA) is 96.0 Å². The van der Waals surface area contributed by atoms with E-state index >= 15 is 0 Å². The SMILES string of the molecule is CCc1cccc(-c2c(Cl)cccc2C(O)(CCCCOC)[C@@H]2CCCN(C(=O)[C@H]3C[C@@H](N)[C@@H](O)C3)C2)c1. The number of aliphatic hydroxyl groups excluding tert-OH is 1. The smallest absolute Gasteiger partial charge is 0.225 e. The lowest BCUT2D eigenvalue weighted by Gasteiger charge is -2.44. The lowest BCUT2D eigenvalue weighted by molar-refractivity contribution is -0.141. The maximum atomic E-state index is 13.5. The Morgan fingerprint density at radius 2 is 2.00 bits per heavy atom. The van der Waals surface area contributed by atoms with E-state index in [1.165, 1.54) is 5.56 Å². The van der Waals surface area contributed by atoms with Crippen LogP contribution in [0.25, 0.3) is 11.1 Å². The Labute approximate surface area is 232 Å². The van der Waals surface area contributed by atoms with Crippen LogP contribution in [-0.4, -0.2) is 60.0 Å². The zero-order valence-corrected chi connectivity index (χ0v) is 23.5. The summed E-state index contributed by atoms with van der Waals surface area (Å²) in [5.41, 5.74) is 8.75. The van der Waals surface area contributed by atoms with Gasteiger partial charge in [0.1, 0.15) is 0 Å². The van der Waals surface area contributed by atoms with Crippen molar-refractivity contribution < 1.29 is 19.7 Å². The van der Waals surface area contributed by atoms with E-state index in [1.54, 1.807) is 7.11 Å². The molecule has 2 aromatic carbocycles. The quantitative estimate of drug-likeness (QED) is 0.371. The molecule has 2 aliphatic rings. The molecule has 0 aromatic heterocycles. The lowest BCUT2D eigenvalue weighted by atomic mass is 9.72. The minimum absolute atomic E-state index is 0.0467. The van der Waals surface area contributed by atoms with E-state index in [9.17, 15) is 15.0 Å². The Bertz CT molecular complexity index is 1090. The third-order valence-electron chi connectivity index (χ3n) is 8.59. The Morgan fingerprint density at radius 3 is 2.71 bits per heavy atom. The maximum absolute atomic E-state index is 13.5. The molecule has 1 saturated heterocycles. The van der Waals surface area contributed by atoms with Gasteiger partial charge in [-0.05, 0) is 74.1 Å². The number of likely N-dealkylation sites (tertiary alicyclic amines) is 1. The summed E-state index contributed by atoms with van der Waals surface area (Å²) in [5.74, 6) is -0.355. The van der Waals surface area contributed by atoms with Crippen molar-refractivity contribution in [3.63, 3.8) is 0 Å². The fourth-order valence-electron chi connectivity index (χ4n) is 6.40. The summed E-state index contributed by atoms with van der Waals surface area (Å²) < 4.78 is 5.28. The fourth-order valence-corrected chi connectivity index (χ4v) is 6.68. The molecule has 1 aliphatic carbocycles. The van der Waals surface area contributed by atoms with Crippen molar-refractivity contribution in [3.8, 4) is 11.1 Å². The highest BCUT2D eigenvalue weighted by molar-refractivity contribution is 6.33. The molecule has 6 nitrogen and oxygen atoms in total. The first-order valence-corrected chi connectivity index (χ1v) is 14.5. The third kappa shape index (κ3) is 6.26. The molecule has 1 unspecified atom stereocenters. The summed E-state index contributed by atoms with van der Waals surface area (Å²) in [7, 11) is 1.69. The van der Waals surface area contributed by atoms with Gasteiger partial charge >= 0.3 is 0 Å². The molecule has 1 aliphatic heterocycles. The third-order valence-corrected chi connectivity index (χ3v) is 8.91. The van der Waals surface area contributed by atoms with Gasteiger partial charge in [0.05, 0.1) is 11.7 Å². The van der Waals surface area contributed by atoms with Gasteiger partial charge in [0.2, 0.25) is 5.91 Å². The van der Waals surface area contributed by atoms with Crippen LogP contribution >= 0.6 is 11.6 Å². The molecule has 7 heteroatoms. The standard InChI is InChI=1S/C31H43ClN2O4/c1-3-21-9-6-10-22(17-21)29-25(12-7-13-26(29)32)31(37,14-4-5-16-38-2)24-11-8-15-34(20-24)30(36)23-18-27(33)28(35)19-23/h6-7,9-10,12-13,17,23-24,27-28,35,37H,3-5,8,11,14-16,18-20,33H2,1-2H3/t23-,24+,27+,28-,31?/m0/s1. The molecule has 5 atom stereocenters. The van der Waals surface area contributed by atoms with Crippen LogP contribution in [0.2, 0.25) is 5.02 Å². The molecule has 2 aromatic rings. The number of carbonyl (C=O) groups is 1. The first kappa shape index (κ1) is 29.0. The van der Waals surface area contributed by atoms with E-state index in [0.29, 0.717) is 44.0 Å². The van der Waals surface area contributed by atoms with Gasteiger partial charge in [-0.25, -0.2) is 0 Å². The van der Waals surface area contributed by atoms with E-state index in [4.69, 9.17) is 22.1 Å². The van der Waals surface area contributed by atoms with Gasteiger partial charge in [0.25, 0.3) is 0 Å². The number of aliphatic hydroxyl groups is 2. The number of ether oxygens (including phenoxy) is 1. The zero-order valence-electron chi connectivity index (χ0n) is 22.7. The molecule has 1 saturated carbocycles. The van der Waals surface area contributed by atoms with Crippen molar-refractivity contribution in [1.29, 1.82) is 0 Å². The van der Waals surface area contributed by atoms with Gasteiger partial charge in [0.15, 0.2) is 0 Å². The summed E-state index contributed by atoms with van der Waals surface area (Å²) in [6, 6.07) is 13.8. The van der Waals surface area contributed by atoms with Crippen molar-refractivity contribution in [1.82, 2.24) is 4.90 Å². The first-order valence-electron chi connectivity index (χ1n) is 14.1. The van der Waals surface area contributed by atoms with Gasteiger partial charge in [0, 0.05) is 55.3 Å². The highest BCUT2D eigenvalue weighted by Crippen LogP contribution is 2.46. The second-order valence-corrected chi connectivity index (χ2v) is 11.5. The van der Waals surface area contributed by atoms with E-state index in [2.05, 4.69) is 25.1 Å². The highest BCUT2D eigenvalue weighted by Gasteiger charge is 2.44. The van der Waals surface area contributed by atoms with Gasteiger partial charge in [-0.1, -0.05) is 54.9 Å². The number of rotatable bonds is 10. The average molecular weight is 543 g/mol. The molecule has 1 amide bonds. The Hall–Kier alpha value is -1.96. The molecular weight excluding hydrogens is 500 g/mol. The normalized spacial score (nSPS) is 25.4. The summed E-state index contributed by atoms with van der Waals surface area (Å²) in [6.07, 6.45) is 5.02. The van der Waals surface area contributed by atoms with E-state index in [-0.39, 0.29) is 23.8 Å². The number of hydrogen-bond acceptors (Lipinski definition) is 5.